The van der Waals surface area contributed by atoms with E-state index in [-0.39, 0.29) is 24.6 Å². The number of urea groups is 1. The Morgan fingerprint density at radius 2 is 2.33 bits per heavy atom. The van der Waals surface area contributed by atoms with E-state index >= 15 is 0 Å². The molecule has 15 heavy (non-hydrogen) atoms. The van der Waals surface area contributed by atoms with Crippen molar-refractivity contribution < 1.29 is 14.7 Å². The Balaban J connectivity index is 1.84. The van der Waals surface area contributed by atoms with Gasteiger partial charge in [-0.05, 0) is 6.42 Å². The molecule has 0 spiro atoms. The summed E-state index contributed by atoms with van der Waals surface area (Å²) in [5.41, 5.74) is 0. The standard InChI is InChI=1S/C9H15N3O3/c13-7-1-3-11(5-7)6-8(14)12-4-2-10-9(12)15/h7,13H,1-6H2,(H,10,15)/t7-/m1/s1. The first kappa shape index (κ1) is 10.4. The number of likely N-dealkylation sites (tertiary alicyclic amines) is 1. The Bertz CT molecular complexity index is 282. The van der Waals surface area contributed by atoms with E-state index in [1.54, 1.807) is 0 Å². The maximum atomic E-state index is 11.7. The zero-order chi connectivity index (χ0) is 10.8. The van der Waals surface area contributed by atoms with Crippen molar-refractivity contribution in [2.45, 2.75) is 12.5 Å². The van der Waals surface area contributed by atoms with Crippen LogP contribution in [0.25, 0.3) is 0 Å². The van der Waals surface area contributed by atoms with Crippen LogP contribution in [-0.4, -0.2) is 65.7 Å². The molecule has 2 fully saturated rings. The molecule has 0 bridgehead atoms. The zero-order valence-electron chi connectivity index (χ0n) is 8.48. The largest absolute Gasteiger partial charge is 0.392 e. The second kappa shape index (κ2) is 4.16. The first-order valence-corrected chi connectivity index (χ1v) is 5.15. The molecule has 1 atom stereocenters. The number of rotatable bonds is 2. The van der Waals surface area contributed by atoms with Crippen molar-refractivity contribution in [3.8, 4) is 0 Å². The van der Waals surface area contributed by atoms with Gasteiger partial charge in [0.15, 0.2) is 0 Å². The fraction of sp³-hybridized carbons (Fsp3) is 0.778. The number of aliphatic hydroxyl groups excluding tert-OH is 1. The summed E-state index contributed by atoms with van der Waals surface area (Å²) in [5.74, 6) is -0.181. The first-order valence-electron chi connectivity index (χ1n) is 5.15. The normalized spacial score (nSPS) is 27.1. The maximum Gasteiger partial charge on any atom is 0.324 e. The molecular formula is C9H15N3O3. The Labute approximate surface area is 87.8 Å². The fourth-order valence-corrected chi connectivity index (χ4v) is 1.94. The Hall–Kier alpha value is -1.14. The molecule has 6 heteroatoms. The minimum Gasteiger partial charge on any atom is -0.392 e. The Morgan fingerprint density at radius 1 is 1.53 bits per heavy atom. The summed E-state index contributed by atoms with van der Waals surface area (Å²) < 4.78 is 0. The van der Waals surface area contributed by atoms with E-state index in [0.29, 0.717) is 26.1 Å². The highest BCUT2D eigenvalue weighted by Gasteiger charge is 2.29. The number of carbonyl (C=O) groups excluding carboxylic acids is 2. The van der Waals surface area contributed by atoms with Crippen molar-refractivity contribution in [3.63, 3.8) is 0 Å². The fourth-order valence-electron chi connectivity index (χ4n) is 1.94. The molecule has 2 heterocycles. The number of hydrogen-bond donors (Lipinski definition) is 2. The van der Waals surface area contributed by atoms with E-state index in [4.69, 9.17) is 0 Å². The van der Waals surface area contributed by atoms with Gasteiger partial charge in [-0.15, -0.1) is 0 Å². The number of amides is 3. The van der Waals surface area contributed by atoms with Crippen LogP contribution in [0.1, 0.15) is 6.42 Å². The number of hydrogen-bond acceptors (Lipinski definition) is 4. The summed E-state index contributed by atoms with van der Waals surface area (Å²) in [4.78, 5) is 25.9. The van der Waals surface area contributed by atoms with Gasteiger partial charge in [-0.1, -0.05) is 0 Å². The Morgan fingerprint density at radius 3 is 2.87 bits per heavy atom. The molecule has 2 rings (SSSR count). The average Bonchev–Trinajstić information content (AvgIpc) is 2.75. The topological polar surface area (TPSA) is 72.9 Å². The van der Waals surface area contributed by atoms with Gasteiger partial charge in [-0.2, -0.15) is 0 Å². The smallest absolute Gasteiger partial charge is 0.324 e. The van der Waals surface area contributed by atoms with Crippen LogP contribution in [0.3, 0.4) is 0 Å². The third-order valence-electron chi connectivity index (χ3n) is 2.76. The molecule has 2 N–H and O–H groups in total. The van der Waals surface area contributed by atoms with E-state index in [9.17, 15) is 14.7 Å². The number of β-amino-alcohol motifs (C(OH)–C–C–N with tert-alkyl or cyclic N) is 1. The van der Waals surface area contributed by atoms with Crippen molar-refractivity contribution in [2.24, 2.45) is 0 Å². The summed E-state index contributed by atoms with van der Waals surface area (Å²) in [7, 11) is 0. The quantitative estimate of drug-likeness (QED) is 0.592. The van der Waals surface area contributed by atoms with Gasteiger partial charge in [0.05, 0.1) is 12.6 Å². The molecule has 0 unspecified atom stereocenters. The summed E-state index contributed by atoms with van der Waals surface area (Å²) in [6, 6.07) is -0.306. The lowest BCUT2D eigenvalue weighted by atomic mass is 10.3. The molecule has 2 aliphatic rings. The molecule has 0 aromatic rings. The third-order valence-corrected chi connectivity index (χ3v) is 2.76. The van der Waals surface area contributed by atoms with Gasteiger partial charge in [0.2, 0.25) is 5.91 Å². The molecule has 0 aromatic carbocycles. The molecule has 0 saturated carbocycles. The summed E-state index contributed by atoms with van der Waals surface area (Å²) in [5, 5.41) is 11.9. The minimum absolute atomic E-state index is 0.181. The zero-order valence-corrected chi connectivity index (χ0v) is 8.48. The lowest BCUT2D eigenvalue weighted by Crippen LogP contribution is -2.41. The van der Waals surface area contributed by atoms with Crippen LogP contribution >= 0.6 is 0 Å². The van der Waals surface area contributed by atoms with Gasteiger partial charge >= 0.3 is 6.03 Å². The summed E-state index contributed by atoms with van der Waals surface area (Å²) in [6.45, 7) is 2.47. The minimum atomic E-state index is -0.329. The monoisotopic (exact) mass is 213 g/mol. The predicted octanol–water partition coefficient (Wildman–Crippen LogP) is -1.40. The van der Waals surface area contributed by atoms with Crippen LogP contribution in [0.2, 0.25) is 0 Å². The molecule has 2 aliphatic heterocycles. The van der Waals surface area contributed by atoms with Crippen LogP contribution in [0.4, 0.5) is 4.79 Å². The van der Waals surface area contributed by atoms with Gasteiger partial charge < -0.3 is 10.4 Å². The lowest BCUT2D eigenvalue weighted by molar-refractivity contribution is -0.128. The maximum absolute atomic E-state index is 11.7. The molecule has 0 aromatic heterocycles. The van der Waals surface area contributed by atoms with Crippen molar-refractivity contribution in [1.29, 1.82) is 0 Å². The molecule has 84 valence electrons. The van der Waals surface area contributed by atoms with E-state index in [0.717, 1.165) is 6.54 Å². The molecule has 0 radical (unpaired) electrons. The molecular weight excluding hydrogens is 198 g/mol. The Kier molecular flexibility index (Phi) is 2.88. The van der Waals surface area contributed by atoms with Crippen LogP contribution in [0.15, 0.2) is 0 Å². The molecule has 6 nitrogen and oxygen atoms in total. The number of nitrogens with one attached hydrogen (secondary N) is 1. The molecule has 0 aliphatic carbocycles. The molecule has 2 saturated heterocycles. The van der Waals surface area contributed by atoms with Gasteiger partial charge in [-0.25, -0.2) is 4.79 Å². The number of imide groups is 1. The van der Waals surface area contributed by atoms with Crippen molar-refractivity contribution in [3.05, 3.63) is 0 Å². The predicted molar refractivity (Wildman–Crippen MR) is 52.2 cm³/mol. The van der Waals surface area contributed by atoms with E-state index in [2.05, 4.69) is 5.32 Å². The van der Waals surface area contributed by atoms with Crippen molar-refractivity contribution in [1.82, 2.24) is 15.1 Å². The summed E-state index contributed by atoms with van der Waals surface area (Å²) in [6.07, 6.45) is 0.379. The van der Waals surface area contributed by atoms with E-state index < -0.39 is 0 Å². The SMILES string of the molecule is O=C(CN1CC[C@@H](O)C1)N1CCNC1=O. The second-order valence-corrected chi connectivity index (χ2v) is 3.95. The summed E-state index contributed by atoms with van der Waals surface area (Å²) >= 11 is 0. The van der Waals surface area contributed by atoms with E-state index in [1.165, 1.54) is 4.90 Å². The number of aliphatic hydroxyl groups is 1. The second-order valence-electron chi connectivity index (χ2n) is 3.95. The highest BCUT2D eigenvalue weighted by atomic mass is 16.3. The van der Waals surface area contributed by atoms with Gasteiger partial charge in [-0.3, -0.25) is 14.6 Å². The highest BCUT2D eigenvalue weighted by Crippen LogP contribution is 2.09. The van der Waals surface area contributed by atoms with E-state index in [1.807, 2.05) is 4.90 Å². The average molecular weight is 213 g/mol. The number of carbonyl (C=O) groups is 2. The first-order chi connectivity index (χ1) is 7.16. The number of nitrogens with zero attached hydrogens (tertiary/aromatic N) is 2. The van der Waals surface area contributed by atoms with Crippen molar-refractivity contribution in [2.75, 3.05) is 32.7 Å². The lowest BCUT2D eigenvalue weighted by Gasteiger charge is -2.18. The third kappa shape index (κ3) is 2.27. The van der Waals surface area contributed by atoms with Crippen molar-refractivity contribution >= 4 is 11.9 Å². The van der Waals surface area contributed by atoms with Crippen LogP contribution in [0, 0.1) is 0 Å². The van der Waals surface area contributed by atoms with Crippen LogP contribution in [-0.2, 0) is 4.79 Å². The van der Waals surface area contributed by atoms with Crippen LogP contribution < -0.4 is 5.32 Å². The highest BCUT2D eigenvalue weighted by molar-refractivity contribution is 5.96. The van der Waals surface area contributed by atoms with Gasteiger partial charge in [0, 0.05) is 26.2 Å². The van der Waals surface area contributed by atoms with Gasteiger partial charge in [0.1, 0.15) is 0 Å². The molecule has 3 amide bonds. The van der Waals surface area contributed by atoms with Gasteiger partial charge in [0.25, 0.3) is 0 Å². The van der Waals surface area contributed by atoms with Crippen LogP contribution in [0.5, 0.6) is 0 Å².